The van der Waals surface area contributed by atoms with Gasteiger partial charge < -0.3 is 15.2 Å². The standard InChI is InChI=1S/C16H17F2N5O2/c1-9-21-22-14(23(9)13-2-3-13)7-19-15(24)8-20-16(25)10-4-11(17)6-12(18)5-10/h4-6,13H,2-3,7-8H2,1H3,(H,19,24)(H,20,25). The van der Waals surface area contributed by atoms with Gasteiger partial charge in [-0.05, 0) is 31.9 Å². The number of nitrogens with one attached hydrogen (secondary N) is 2. The molecule has 1 aromatic heterocycles. The van der Waals surface area contributed by atoms with Crippen molar-refractivity contribution in [3.63, 3.8) is 0 Å². The highest BCUT2D eigenvalue weighted by atomic mass is 19.1. The molecule has 1 saturated carbocycles. The SMILES string of the molecule is Cc1nnc(CNC(=O)CNC(=O)c2cc(F)cc(F)c2)n1C1CC1. The molecule has 25 heavy (non-hydrogen) atoms. The fourth-order valence-electron chi connectivity index (χ4n) is 2.53. The molecule has 1 aliphatic rings. The predicted octanol–water partition coefficient (Wildman–Crippen LogP) is 1.25. The Morgan fingerprint density at radius 1 is 1.16 bits per heavy atom. The molecule has 0 atom stereocenters. The van der Waals surface area contributed by atoms with Crippen molar-refractivity contribution in [3.8, 4) is 0 Å². The van der Waals surface area contributed by atoms with E-state index in [4.69, 9.17) is 0 Å². The van der Waals surface area contributed by atoms with E-state index in [1.807, 2.05) is 11.5 Å². The minimum atomic E-state index is -0.857. The van der Waals surface area contributed by atoms with Crippen LogP contribution in [0.4, 0.5) is 8.78 Å². The van der Waals surface area contributed by atoms with E-state index in [1.54, 1.807) is 0 Å². The highest BCUT2D eigenvalue weighted by Gasteiger charge is 2.28. The number of nitrogens with zero attached hydrogens (tertiary/aromatic N) is 3. The third kappa shape index (κ3) is 4.17. The van der Waals surface area contributed by atoms with Gasteiger partial charge in [0, 0.05) is 17.7 Å². The highest BCUT2D eigenvalue weighted by molar-refractivity contribution is 5.96. The van der Waals surface area contributed by atoms with E-state index in [0.717, 1.165) is 30.8 Å². The van der Waals surface area contributed by atoms with Crippen LogP contribution in [0.15, 0.2) is 18.2 Å². The number of rotatable bonds is 6. The summed E-state index contributed by atoms with van der Waals surface area (Å²) in [5, 5.41) is 13.0. The third-order valence-electron chi connectivity index (χ3n) is 3.83. The normalized spacial score (nSPS) is 13.6. The van der Waals surface area contributed by atoms with E-state index in [0.29, 0.717) is 17.9 Å². The molecule has 1 fully saturated rings. The number of halogens is 2. The predicted molar refractivity (Wildman–Crippen MR) is 83.6 cm³/mol. The molecule has 0 radical (unpaired) electrons. The molecule has 0 aliphatic heterocycles. The number of carbonyl (C=O) groups is 2. The smallest absolute Gasteiger partial charge is 0.251 e. The Kier molecular flexibility index (Phi) is 4.73. The Bertz CT molecular complexity index is 797. The summed E-state index contributed by atoms with van der Waals surface area (Å²) in [4.78, 5) is 23.7. The van der Waals surface area contributed by atoms with Gasteiger partial charge in [-0.3, -0.25) is 9.59 Å². The molecule has 0 unspecified atom stereocenters. The van der Waals surface area contributed by atoms with Gasteiger partial charge in [0.15, 0.2) is 5.82 Å². The first kappa shape index (κ1) is 17.0. The molecule has 9 heteroatoms. The number of benzene rings is 1. The van der Waals surface area contributed by atoms with Gasteiger partial charge in [0.1, 0.15) is 17.5 Å². The molecule has 2 amide bonds. The van der Waals surface area contributed by atoms with Crippen molar-refractivity contribution < 1.29 is 18.4 Å². The van der Waals surface area contributed by atoms with Crippen molar-refractivity contribution in [1.82, 2.24) is 25.4 Å². The van der Waals surface area contributed by atoms with Crippen LogP contribution in [0, 0.1) is 18.6 Å². The molecule has 1 aliphatic carbocycles. The van der Waals surface area contributed by atoms with Gasteiger partial charge in [0.05, 0.1) is 13.1 Å². The summed E-state index contributed by atoms with van der Waals surface area (Å²) in [5.41, 5.74) is -0.186. The molecular weight excluding hydrogens is 332 g/mol. The number of aryl methyl sites for hydroxylation is 1. The molecule has 2 aromatic rings. The third-order valence-corrected chi connectivity index (χ3v) is 3.83. The number of aromatic nitrogens is 3. The van der Waals surface area contributed by atoms with Crippen molar-refractivity contribution in [2.75, 3.05) is 6.54 Å². The lowest BCUT2D eigenvalue weighted by Crippen LogP contribution is -2.37. The maximum Gasteiger partial charge on any atom is 0.251 e. The number of hydrogen-bond acceptors (Lipinski definition) is 4. The van der Waals surface area contributed by atoms with Crippen LogP contribution < -0.4 is 10.6 Å². The topological polar surface area (TPSA) is 88.9 Å². The summed E-state index contributed by atoms with van der Waals surface area (Å²) in [5.74, 6) is -1.42. The van der Waals surface area contributed by atoms with Gasteiger partial charge >= 0.3 is 0 Å². The van der Waals surface area contributed by atoms with E-state index in [1.165, 1.54) is 0 Å². The Labute approximate surface area is 142 Å². The zero-order valence-electron chi connectivity index (χ0n) is 13.6. The summed E-state index contributed by atoms with van der Waals surface area (Å²) in [6.45, 7) is 1.74. The zero-order chi connectivity index (χ0) is 18.0. The van der Waals surface area contributed by atoms with Crippen LogP contribution in [-0.2, 0) is 11.3 Å². The van der Waals surface area contributed by atoms with Crippen molar-refractivity contribution in [2.24, 2.45) is 0 Å². The monoisotopic (exact) mass is 349 g/mol. The fraction of sp³-hybridized carbons (Fsp3) is 0.375. The Balaban J connectivity index is 1.50. The van der Waals surface area contributed by atoms with Crippen LogP contribution in [0.2, 0.25) is 0 Å². The summed E-state index contributed by atoms with van der Waals surface area (Å²) < 4.78 is 28.2. The van der Waals surface area contributed by atoms with Crippen LogP contribution in [0.3, 0.4) is 0 Å². The Hall–Kier alpha value is -2.84. The van der Waals surface area contributed by atoms with E-state index < -0.39 is 23.4 Å². The van der Waals surface area contributed by atoms with Crippen LogP contribution in [0.25, 0.3) is 0 Å². The molecule has 2 N–H and O–H groups in total. The summed E-state index contributed by atoms with van der Waals surface area (Å²) >= 11 is 0. The molecule has 1 heterocycles. The van der Waals surface area contributed by atoms with Gasteiger partial charge in [0.25, 0.3) is 5.91 Å². The van der Waals surface area contributed by atoms with Crippen molar-refractivity contribution in [3.05, 3.63) is 47.0 Å². The second-order valence-corrected chi connectivity index (χ2v) is 5.88. The van der Waals surface area contributed by atoms with E-state index in [2.05, 4.69) is 20.8 Å². The average molecular weight is 349 g/mol. The molecule has 7 nitrogen and oxygen atoms in total. The number of amides is 2. The maximum atomic E-state index is 13.1. The number of hydrogen-bond donors (Lipinski definition) is 2. The average Bonchev–Trinajstić information content (AvgIpc) is 3.32. The van der Waals surface area contributed by atoms with Crippen molar-refractivity contribution in [2.45, 2.75) is 32.4 Å². The van der Waals surface area contributed by atoms with Gasteiger partial charge in [-0.1, -0.05) is 0 Å². The first-order valence-electron chi connectivity index (χ1n) is 7.85. The van der Waals surface area contributed by atoms with Crippen LogP contribution in [0.1, 0.15) is 40.9 Å². The summed E-state index contributed by atoms with van der Waals surface area (Å²) in [6, 6.07) is 2.86. The quantitative estimate of drug-likeness (QED) is 0.821. The molecule has 1 aromatic carbocycles. The fourth-order valence-corrected chi connectivity index (χ4v) is 2.53. The Morgan fingerprint density at radius 3 is 2.48 bits per heavy atom. The minimum absolute atomic E-state index is 0.186. The molecule has 0 bridgehead atoms. The van der Waals surface area contributed by atoms with Gasteiger partial charge in [0.2, 0.25) is 5.91 Å². The van der Waals surface area contributed by atoms with E-state index in [-0.39, 0.29) is 18.7 Å². The van der Waals surface area contributed by atoms with E-state index in [9.17, 15) is 18.4 Å². The zero-order valence-corrected chi connectivity index (χ0v) is 13.6. The lowest BCUT2D eigenvalue weighted by Gasteiger charge is -2.09. The number of carbonyl (C=O) groups excluding carboxylic acids is 2. The summed E-state index contributed by atoms with van der Waals surface area (Å²) in [7, 11) is 0. The van der Waals surface area contributed by atoms with Crippen LogP contribution >= 0.6 is 0 Å². The molecular formula is C16H17F2N5O2. The maximum absolute atomic E-state index is 13.1. The van der Waals surface area contributed by atoms with E-state index >= 15 is 0 Å². The Morgan fingerprint density at radius 2 is 1.84 bits per heavy atom. The minimum Gasteiger partial charge on any atom is -0.347 e. The van der Waals surface area contributed by atoms with Crippen LogP contribution in [-0.4, -0.2) is 33.1 Å². The second-order valence-electron chi connectivity index (χ2n) is 5.88. The largest absolute Gasteiger partial charge is 0.347 e. The first-order valence-corrected chi connectivity index (χ1v) is 7.85. The van der Waals surface area contributed by atoms with Crippen molar-refractivity contribution >= 4 is 11.8 Å². The lowest BCUT2D eigenvalue weighted by atomic mass is 10.2. The second kappa shape index (κ2) is 6.96. The molecule has 132 valence electrons. The lowest BCUT2D eigenvalue weighted by molar-refractivity contribution is -0.120. The summed E-state index contributed by atoms with van der Waals surface area (Å²) in [6.07, 6.45) is 2.14. The van der Waals surface area contributed by atoms with Crippen LogP contribution in [0.5, 0.6) is 0 Å². The van der Waals surface area contributed by atoms with Gasteiger partial charge in [-0.25, -0.2) is 8.78 Å². The van der Waals surface area contributed by atoms with Gasteiger partial charge in [-0.2, -0.15) is 0 Å². The van der Waals surface area contributed by atoms with Gasteiger partial charge in [-0.15, -0.1) is 10.2 Å². The molecule has 0 saturated heterocycles. The highest BCUT2D eigenvalue weighted by Crippen LogP contribution is 2.36. The molecule has 3 rings (SSSR count). The first-order chi connectivity index (χ1) is 11.9. The molecule has 0 spiro atoms. The van der Waals surface area contributed by atoms with Crippen molar-refractivity contribution in [1.29, 1.82) is 0 Å².